The molecule has 0 atom stereocenters. The average Bonchev–Trinajstić information content (AvgIpc) is 2.67. The molecule has 2 aromatic rings. The van der Waals surface area contributed by atoms with Gasteiger partial charge in [0, 0.05) is 18.0 Å². The van der Waals surface area contributed by atoms with E-state index in [0.717, 1.165) is 38.3 Å². The summed E-state index contributed by atoms with van der Waals surface area (Å²) < 4.78 is 14.5. The lowest BCUT2D eigenvalue weighted by atomic mass is 10.1. The Balaban J connectivity index is 1.69. The number of ketones is 1. The summed E-state index contributed by atoms with van der Waals surface area (Å²) in [7, 11) is 0. The minimum absolute atomic E-state index is 0.213. The lowest BCUT2D eigenvalue weighted by Gasteiger charge is -2.33. The Labute approximate surface area is 147 Å². The van der Waals surface area contributed by atoms with Crippen molar-refractivity contribution in [3.8, 4) is 0 Å². The zero-order valence-corrected chi connectivity index (χ0v) is 14.4. The smallest absolute Gasteiger partial charge is 0.185 e. The molecule has 5 heteroatoms. The summed E-state index contributed by atoms with van der Waals surface area (Å²) in [4.78, 5) is 19.9. The zero-order valence-electron chi connectivity index (χ0n) is 14.4. The molecule has 1 saturated heterocycles. The van der Waals surface area contributed by atoms with Gasteiger partial charge in [-0.05, 0) is 48.9 Å². The fourth-order valence-electron chi connectivity index (χ4n) is 3.08. The van der Waals surface area contributed by atoms with Gasteiger partial charge in [0.15, 0.2) is 5.78 Å². The van der Waals surface area contributed by atoms with Crippen LogP contribution < -0.4 is 9.80 Å². The van der Waals surface area contributed by atoms with E-state index in [-0.39, 0.29) is 11.6 Å². The number of piperazine rings is 1. The molecule has 0 spiro atoms. The number of likely N-dealkylation sites (N-methyl/N-ethyl adjacent to an activating group) is 1. The lowest BCUT2D eigenvalue weighted by Crippen LogP contribution is -3.14. The van der Waals surface area contributed by atoms with Gasteiger partial charge in [0.25, 0.3) is 0 Å². The molecule has 130 valence electrons. The van der Waals surface area contributed by atoms with Crippen molar-refractivity contribution in [1.29, 1.82) is 0 Å². The van der Waals surface area contributed by atoms with Gasteiger partial charge in [-0.1, -0.05) is 6.07 Å². The summed E-state index contributed by atoms with van der Waals surface area (Å²) >= 11 is 0. The molecule has 1 aliphatic rings. The third kappa shape index (κ3) is 4.31. The Morgan fingerprint density at radius 3 is 2.76 bits per heavy atom. The Morgan fingerprint density at radius 2 is 2.12 bits per heavy atom. The highest BCUT2D eigenvalue weighted by molar-refractivity contribution is 6.07. The Hall–Kier alpha value is -2.53. The standard InChI is InChI=1S/C20H22FN3O/c1-2-23-10-12-24(13-11-23)19-7-6-17(14-18(19)21)20(25)8-5-16-4-3-9-22-15-16/h3-9,14-15H,2,10-13H2,1H3/p+1/b8-5+. The van der Waals surface area contributed by atoms with E-state index in [1.165, 1.54) is 12.1 Å². The molecule has 4 nitrogen and oxygen atoms in total. The van der Waals surface area contributed by atoms with Crippen LogP contribution in [0.3, 0.4) is 0 Å². The summed E-state index contributed by atoms with van der Waals surface area (Å²) in [6.45, 7) is 7.00. The Morgan fingerprint density at radius 1 is 1.32 bits per heavy atom. The summed E-state index contributed by atoms with van der Waals surface area (Å²) in [5, 5.41) is 0. The molecule has 0 radical (unpaired) electrons. The van der Waals surface area contributed by atoms with E-state index < -0.39 is 0 Å². The van der Waals surface area contributed by atoms with Crippen molar-refractivity contribution in [3.63, 3.8) is 0 Å². The molecule has 0 bridgehead atoms. The topological polar surface area (TPSA) is 37.6 Å². The van der Waals surface area contributed by atoms with E-state index in [0.29, 0.717) is 11.3 Å². The Bertz CT molecular complexity index is 753. The second-order valence-corrected chi connectivity index (χ2v) is 6.24. The molecule has 3 rings (SSSR count). The zero-order chi connectivity index (χ0) is 17.6. The van der Waals surface area contributed by atoms with Crippen LogP contribution in [0.5, 0.6) is 0 Å². The molecule has 0 aliphatic carbocycles. The van der Waals surface area contributed by atoms with E-state index in [1.54, 1.807) is 41.6 Å². The number of nitrogens with zero attached hydrogens (tertiary/aromatic N) is 2. The summed E-state index contributed by atoms with van der Waals surface area (Å²) in [5.41, 5.74) is 1.78. The van der Waals surface area contributed by atoms with E-state index in [4.69, 9.17) is 0 Å². The highest BCUT2D eigenvalue weighted by Gasteiger charge is 2.21. The quantitative estimate of drug-likeness (QED) is 0.667. The van der Waals surface area contributed by atoms with Crippen LogP contribution in [0.25, 0.3) is 6.08 Å². The first kappa shape index (κ1) is 17.3. The number of nitrogens with one attached hydrogen (secondary N) is 1. The predicted molar refractivity (Wildman–Crippen MR) is 97.5 cm³/mol. The van der Waals surface area contributed by atoms with Gasteiger partial charge >= 0.3 is 0 Å². The number of benzene rings is 1. The minimum Gasteiger partial charge on any atom is -0.358 e. The highest BCUT2D eigenvalue weighted by Crippen LogP contribution is 2.21. The molecule has 0 saturated carbocycles. The molecule has 25 heavy (non-hydrogen) atoms. The number of allylic oxidation sites excluding steroid dienone is 1. The number of pyridine rings is 1. The SMILES string of the molecule is CC[NH+]1CCN(c2ccc(C(=O)/C=C/c3cccnc3)cc2F)CC1. The van der Waals surface area contributed by atoms with E-state index in [2.05, 4.69) is 16.8 Å². The van der Waals surface area contributed by atoms with Crippen molar-refractivity contribution in [2.75, 3.05) is 37.6 Å². The van der Waals surface area contributed by atoms with Crippen LogP contribution >= 0.6 is 0 Å². The van der Waals surface area contributed by atoms with Crippen molar-refractivity contribution in [3.05, 3.63) is 65.7 Å². The van der Waals surface area contributed by atoms with Crippen LogP contribution in [0.4, 0.5) is 10.1 Å². The molecule has 1 N–H and O–H groups in total. The van der Waals surface area contributed by atoms with Crippen LogP contribution in [-0.4, -0.2) is 43.5 Å². The first-order chi connectivity index (χ1) is 12.2. The van der Waals surface area contributed by atoms with Crippen LogP contribution in [0.2, 0.25) is 0 Å². The third-order valence-electron chi connectivity index (χ3n) is 4.66. The first-order valence-electron chi connectivity index (χ1n) is 8.68. The number of carbonyl (C=O) groups excluding carboxylic acids is 1. The lowest BCUT2D eigenvalue weighted by molar-refractivity contribution is -0.898. The van der Waals surface area contributed by atoms with Gasteiger partial charge in [0.05, 0.1) is 38.4 Å². The second kappa shape index (κ2) is 8.03. The molecule has 1 aliphatic heterocycles. The van der Waals surface area contributed by atoms with E-state index in [1.807, 2.05) is 6.07 Å². The monoisotopic (exact) mass is 340 g/mol. The number of halogens is 1. The molecule has 0 amide bonds. The van der Waals surface area contributed by atoms with Crippen LogP contribution in [-0.2, 0) is 0 Å². The van der Waals surface area contributed by atoms with Crippen LogP contribution in [0.1, 0.15) is 22.8 Å². The number of rotatable bonds is 5. The molecular formula is C20H23FN3O+. The van der Waals surface area contributed by atoms with Crippen LogP contribution in [0, 0.1) is 5.82 Å². The second-order valence-electron chi connectivity index (χ2n) is 6.24. The summed E-state index contributed by atoms with van der Waals surface area (Å²) in [5.74, 6) is -0.546. The number of hydrogen-bond acceptors (Lipinski definition) is 3. The van der Waals surface area contributed by atoms with Crippen molar-refractivity contribution < 1.29 is 14.1 Å². The maximum Gasteiger partial charge on any atom is 0.185 e. The molecular weight excluding hydrogens is 317 g/mol. The van der Waals surface area contributed by atoms with Gasteiger partial charge in [0.1, 0.15) is 5.82 Å². The first-order valence-corrected chi connectivity index (χ1v) is 8.68. The fraction of sp³-hybridized carbons (Fsp3) is 0.300. The van der Waals surface area contributed by atoms with E-state index in [9.17, 15) is 9.18 Å². The van der Waals surface area contributed by atoms with E-state index >= 15 is 0 Å². The number of hydrogen-bond donors (Lipinski definition) is 1. The predicted octanol–water partition coefficient (Wildman–Crippen LogP) is 1.84. The highest BCUT2D eigenvalue weighted by atomic mass is 19.1. The van der Waals surface area contributed by atoms with Crippen LogP contribution in [0.15, 0.2) is 48.8 Å². The molecule has 1 aromatic heterocycles. The largest absolute Gasteiger partial charge is 0.358 e. The van der Waals surface area contributed by atoms with Gasteiger partial charge in [0.2, 0.25) is 0 Å². The molecule has 1 fully saturated rings. The number of quaternary nitrogens is 1. The van der Waals surface area contributed by atoms with Crippen molar-refractivity contribution in [1.82, 2.24) is 4.98 Å². The number of carbonyl (C=O) groups is 1. The third-order valence-corrected chi connectivity index (χ3v) is 4.66. The maximum atomic E-state index is 14.5. The Kier molecular flexibility index (Phi) is 5.56. The number of anilines is 1. The normalized spacial score (nSPS) is 15.7. The van der Waals surface area contributed by atoms with Crippen molar-refractivity contribution in [2.45, 2.75) is 6.92 Å². The molecule has 1 aromatic carbocycles. The van der Waals surface area contributed by atoms with Crippen molar-refractivity contribution in [2.24, 2.45) is 0 Å². The maximum absolute atomic E-state index is 14.5. The summed E-state index contributed by atoms with van der Waals surface area (Å²) in [6, 6.07) is 8.42. The van der Waals surface area contributed by atoms with Gasteiger partial charge in [-0.2, -0.15) is 0 Å². The van der Waals surface area contributed by atoms with Crippen molar-refractivity contribution >= 4 is 17.5 Å². The van der Waals surface area contributed by atoms with Gasteiger partial charge in [-0.25, -0.2) is 4.39 Å². The molecule has 0 unspecified atom stereocenters. The summed E-state index contributed by atoms with van der Waals surface area (Å²) in [6.07, 6.45) is 6.49. The van der Waals surface area contributed by atoms with Gasteiger partial charge in [-0.15, -0.1) is 0 Å². The van der Waals surface area contributed by atoms with Gasteiger partial charge in [-0.3, -0.25) is 9.78 Å². The average molecular weight is 340 g/mol. The molecule has 2 heterocycles. The van der Waals surface area contributed by atoms with Gasteiger partial charge < -0.3 is 9.80 Å². The fourth-order valence-corrected chi connectivity index (χ4v) is 3.08. The number of aromatic nitrogens is 1. The minimum atomic E-state index is -0.333.